The first-order valence-electron chi connectivity index (χ1n) is 13.7. The lowest BCUT2D eigenvalue weighted by Crippen LogP contribution is -2.54. The minimum atomic E-state index is -0.306. The molecular weight excluding hydrogens is 485 g/mol. The molecular formula is C30H36FN3O4. The molecule has 8 heteroatoms. The summed E-state index contributed by atoms with van der Waals surface area (Å²) in [5, 5.41) is 2.98. The molecule has 2 heterocycles. The number of ether oxygens (including phenoxy) is 2. The van der Waals surface area contributed by atoms with Gasteiger partial charge in [0.25, 0.3) is 11.8 Å². The molecule has 202 valence electrons. The second-order valence-electron chi connectivity index (χ2n) is 10.2. The van der Waals surface area contributed by atoms with Crippen molar-refractivity contribution in [3.05, 3.63) is 76.8 Å². The number of amides is 2. The molecule has 38 heavy (non-hydrogen) atoms. The van der Waals surface area contributed by atoms with Gasteiger partial charge in [0.2, 0.25) is 0 Å². The van der Waals surface area contributed by atoms with Gasteiger partial charge in [-0.1, -0.05) is 36.8 Å². The lowest BCUT2D eigenvalue weighted by atomic mass is 9.89. The van der Waals surface area contributed by atoms with Crippen LogP contribution >= 0.6 is 0 Å². The molecule has 3 fully saturated rings. The van der Waals surface area contributed by atoms with E-state index in [-0.39, 0.29) is 42.1 Å². The van der Waals surface area contributed by atoms with Crippen molar-refractivity contribution in [2.75, 3.05) is 39.4 Å². The van der Waals surface area contributed by atoms with E-state index in [9.17, 15) is 14.0 Å². The molecule has 1 saturated carbocycles. The van der Waals surface area contributed by atoms with Crippen LogP contribution in [0.3, 0.4) is 0 Å². The molecule has 1 N–H and O–H groups in total. The molecule has 2 aliphatic heterocycles. The molecule has 2 aromatic rings. The Balaban J connectivity index is 1.22. The highest BCUT2D eigenvalue weighted by atomic mass is 19.1. The van der Waals surface area contributed by atoms with Gasteiger partial charge in [-0.25, -0.2) is 4.39 Å². The van der Waals surface area contributed by atoms with Gasteiger partial charge in [0, 0.05) is 37.3 Å². The van der Waals surface area contributed by atoms with Crippen molar-refractivity contribution in [1.29, 1.82) is 0 Å². The first-order chi connectivity index (χ1) is 18.6. The van der Waals surface area contributed by atoms with Gasteiger partial charge in [0.15, 0.2) is 5.76 Å². The number of morpholine rings is 2. The molecule has 3 aliphatic rings. The predicted molar refractivity (Wildman–Crippen MR) is 143 cm³/mol. The van der Waals surface area contributed by atoms with E-state index in [1.807, 2.05) is 12.1 Å². The number of fused-ring (bicyclic) bond motifs is 1. The van der Waals surface area contributed by atoms with Crippen molar-refractivity contribution in [3.8, 4) is 0 Å². The summed E-state index contributed by atoms with van der Waals surface area (Å²) >= 11 is 0. The summed E-state index contributed by atoms with van der Waals surface area (Å²) in [6, 6.07) is 13.7. The van der Waals surface area contributed by atoms with Crippen LogP contribution in [0.25, 0.3) is 6.08 Å². The zero-order valence-corrected chi connectivity index (χ0v) is 21.7. The predicted octanol–water partition coefficient (Wildman–Crippen LogP) is 3.99. The maximum absolute atomic E-state index is 14.4. The molecule has 5 rings (SSSR count). The average Bonchev–Trinajstić information content (AvgIpc) is 2.95. The van der Waals surface area contributed by atoms with E-state index in [4.69, 9.17) is 9.47 Å². The second-order valence-corrected chi connectivity index (χ2v) is 10.2. The van der Waals surface area contributed by atoms with Crippen LogP contribution in [0.4, 0.5) is 4.39 Å². The fourth-order valence-electron chi connectivity index (χ4n) is 5.49. The van der Waals surface area contributed by atoms with Gasteiger partial charge in [-0.2, -0.15) is 0 Å². The molecule has 2 aromatic carbocycles. The number of benzene rings is 2. The van der Waals surface area contributed by atoms with E-state index in [1.54, 1.807) is 41.3 Å². The van der Waals surface area contributed by atoms with Gasteiger partial charge in [0.1, 0.15) is 11.9 Å². The van der Waals surface area contributed by atoms with Crippen LogP contribution < -0.4 is 5.32 Å². The minimum Gasteiger partial charge on any atom is -0.482 e. The Bertz CT molecular complexity index is 1150. The Morgan fingerprint density at radius 2 is 1.82 bits per heavy atom. The van der Waals surface area contributed by atoms with E-state index < -0.39 is 0 Å². The van der Waals surface area contributed by atoms with Crippen LogP contribution in [0.5, 0.6) is 0 Å². The van der Waals surface area contributed by atoms with Crippen molar-refractivity contribution >= 4 is 17.9 Å². The normalized spacial score (nSPS) is 23.1. The fraction of sp³-hybridized carbons (Fsp3) is 0.467. The van der Waals surface area contributed by atoms with E-state index in [0.29, 0.717) is 17.7 Å². The standard InChI is InChI=1S/C30H36FN3O4/c31-25-7-2-1-6-24(25)21-34-26-8-3-4-9-27(26)38-28(30(34)36)20-22-10-12-23(13-11-22)29(35)32-14-5-15-33-16-18-37-19-17-33/h1-2,6-7,10-13,20,26-27H,3-5,8-9,14-19,21H2,(H,32,35)/b28-20-. The first kappa shape index (κ1) is 26.4. The van der Waals surface area contributed by atoms with Gasteiger partial charge in [-0.05, 0) is 62.1 Å². The summed E-state index contributed by atoms with van der Waals surface area (Å²) in [7, 11) is 0. The summed E-state index contributed by atoms with van der Waals surface area (Å²) in [5.41, 5.74) is 1.85. The number of nitrogens with one attached hydrogen (secondary N) is 1. The maximum atomic E-state index is 14.4. The van der Waals surface area contributed by atoms with E-state index in [2.05, 4.69) is 10.2 Å². The van der Waals surface area contributed by atoms with Gasteiger partial charge >= 0.3 is 0 Å². The zero-order valence-electron chi connectivity index (χ0n) is 21.7. The van der Waals surface area contributed by atoms with E-state index in [1.165, 1.54) is 6.07 Å². The van der Waals surface area contributed by atoms with Crippen LogP contribution in [0.2, 0.25) is 0 Å². The summed E-state index contributed by atoms with van der Waals surface area (Å²) < 4.78 is 26.0. The SMILES string of the molecule is O=C(NCCCN1CCOCC1)c1ccc(/C=C2\OC3CCCCC3N(Cc3ccccc3F)C2=O)cc1. The summed E-state index contributed by atoms with van der Waals surface area (Å²) in [4.78, 5) is 30.2. The number of carbonyl (C=O) groups is 2. The molecule has 0 bridgehead atoms. The summed E-state index contributed by atoms with van der Waals surface area (Å²) in [6.45, 7) is 5.22. The number of halogens is 1. The lowest BCUT2D eigenvalue weighted by Gasteiger charge is -2.44. The molecule has 2 amide bonds. The number of hydrogen-bond acceptors (Lipinski definition) is 5. The second kappa shape index (κ2) is 12.5. The summed E-state index contributed by atoms with van der Waals surface area (Å²) in [6.07, 6.45) is 6.32. The Kier molecular flexibility index (Phi) is 8.71. The fourth-order valence-corrected chi connectivity index (χ4v) is 5.49. The van der Waals surface area contributed by atoms with Crippen LogP contribution in [0.15, 0.2) is 54.3 Å². The lowest BCUT2D eigenvalue weighted by molar-refractivity contribution is -0.149. The van der Waals surface area contributed by atoms with Crippen molar-refractivity contribution in [2.45, 2.75) is 50.8 Å². The van der Waals surface area contributed by atoms with Gasteiger partial charge < -0.3 is 19.7 Å². The third-order valence-corrected chi connectivity index (χ3v) is 7.63. The number of hydrogen-bond donors (Lipinski definition) is 1. The van der Waals surface area contributed by atoms with Gasteiger partial charge in [-0.3, -0.25) is 14.5 Å². The Morgan fingerprint density at radius 1 is 1.05 bits per heavy atom. The smallest absolute Gasteiger partial charge is 0.289 e. The Labute approximate surface area is 223 Å². The quantitative estimate of drug-likeness (QED) is 0.420. The summed E-state index contributed by atoms with van der Waals surface area (Å²) in [5.74, 6) is -0.375. The van der Waals surface area contributed by atoms with E-state index >= 15 is 0 Å². The van der Waals surface area contributed by atoms with Crippen LogP contribution in [0.1, 0.15) is 53.6 Å². The maximum Gasteiger partial charge on any atom is 0.289 e. The van der Waals surface area contributed by atoms with Crippen molar-refractivity contribution in [1.82, 2.24) is 15.1 Å². The molecule has 1 aliphatic carbocycles. The zero-order chi connectivity index (χ0) is 26.3. The van der Waals surface area contributed by atoms with Gasteiger partial charge in [-0.15, -0.1) is 0 Å². The Hall–Kier alpha value is -3.23. The van der Waals surface area contributed by atoms with Gasteiger partial charge in [0.05, 0.1) is 19.3 Å². The van der Waals surface area contributed by atoms with Crippen LogP contribution in [0, 0.1) is 5.82 Å². The van der Waals surface area contributed by atoms with Crippen molar-refractivity contribution in [2.24, 2.45) is 0 Å². The van der Waals surface area contributed by atoms with Crippen LogP contribution in [-0.4, -0.2) is 73.2 Å². The highest BCUT2D eigenvalue weighted by molar-refractivity contribution is 5.97. The largest absolute Gasteiger partial charge is 0.482 e. The third-order valence-electron chi connectivity index (χ3n) is 7.63. The third kappa shape index (κ3) is 6.42. The van der Waals surface area contributed by atoms with Crippen molar-refractivity contribution in [3.63, 3.8) is 0 Å². The molecule has 2 unspecified atom stereocenters. The highest BCUT2D eigenvalue weighted by Crippen LogP contribution is 2.34. The molecule has 2 saturated heterocycles. The minimum absolute atomic E-state index is 0.0534. The Morgan fingerprint density at radius 3 is 2.61 bits per heavy atom. The number of rotatable bonds is 8. The highest BCUT2D eigenvalue weighted by Gasteiger charge is 2.41. The monoisotopic (exact) mass is 521 g/mol. The molecule has 7 nitrogen and oxygen atoms in total. The van der Waals surface area contributed by atoms with E-state index in [0.717, 1.165) is 70.5 Å². The molecule has 0 radical (unpaired) electrons. The topological polar surface area (TPSA) is 71.1 Å². The molecule has 2 atom stereocenters. The van der Waals surface area contributed by atoms with Crippen LogP contribution in [-0.2, 0) is 20.8 Å². The first-order valence-corrected chi connectivity index (χ1v) is 13.7. The molecule has 0 aromatic heterocycles. The van der Waals surface area contributed by atoms with Crippen molar-refractivity contribution < 1.29 is 23.5 Å². The number of carbonyl (C=O) groups excluding carboxylic acids is 2. The molecule has 0 spiro atoms. The average molecular weight is 522 g/mol. The number of nitrogens with zero attached hydrogens (tertiary/aromatic N) is 2.